The average Bonchev–Trinajstić information content (AvgIpc) is 3.06. The van der Waals surface area contributed by atoms with Gasteiger partial charge in [-0.1, -0.05) is 67.1 Å². The van der Waals surface area contributed by atoms with Gasteiger partial charge in [-0.25, -0.2) is 8.42 Å². The maximum absolute atomic E-state index is 12.9. The number of aromatic nitrogens is 2. The Kier molecular flexibility index (Phi) is 8.59. The summed E-state index contributed by atoms with van der Waals surface area (Å²) in [5.41, 5.74) is 0.147. The maximum Gasteiger partial charge on any atom is 0.250 e. The molecule has 0 spiro atoms. The van der Waals surface area contributed by atoms with Crippen molar-refractivity contribution in [3.63, 3.8) is 0 Å². The molecule has 1 N–H and O–H groups in total. The number of rotatable bonds is 9. The summed E-state index contributed by atoms with van der Waals surface area (Å²) in [5.74, 6) is 0.859. The molecule has 160 valence electrons. The molecule has 1 heterocycles. The number of benzene rings is 1. The van der Waals surface area contributed by atoms with Crippen molar-refractivity contribution in [3.05, 3.63) is 28.2 Å². The summed E-state index contributed by atoms with van der Waals surface area (Å²) in [6, 6.07) is 3.43. The van der Waals surface area contributed by atoms with Crippen LogP contribution in [-0.4, -0.2) is 42.6 Å². The minimum Gasteiger partial charge on any atom is -0.299 e. The van der Waals surface area contributed by atoms with Crippen molar-refractivity contribution in [1.29, 1.82) is 0 Å². The van der Waals surface area contributed by atoms with Gasteiger partial charge in [0.25, 0.3) is 0 Å². The Hall–Kier alpha value is -1.07. The molecule has 0 aliphatic heterocycles. The summed E-state index contributed by atoms with van der Waals surface area (Å²) >= 11 is 15.0. The second-order valence-electron chi connectivity index (χ2n) is 6.65. The lowest BCUT2D eigenvalue weighted by Gasteiger charge is -2.30. The van der Waals surface area contributed by atoms with E-state index < -0.39 is 22.0 Å². The second-order valence-corrected chi connectivity index (χ2v) is 11.6. The van der Waals surface area contributed by atoms with Crippen LogP contribution >= 0.6 is 46.3 Å². The molecule has 0 aliphatic carbocycles. The zero-order chi connectivity index (χ0) is 21.8. The first kappa shape index (κ1) is 24.2. The van der Waals surface area contributed by atoms with Gasteiger partial charge in [0.1, 0.15) is 6.04 Å². The molecule has 1 atom stereocenters. The van der Waals surface area contributed by atoms with Crippen LogP contribution in [0, 0.1) is 5.92 Å². The SMILES string of the molecule is CC[C@@H](C(=O)Nc1nnc(SCC(C)C)s1)N(c1cc(Cl)ccc1Cl)S(C)(=O)=O. The van der Waals surface area contributed by atoms with Crippen molar-refractivity contribution in [1.82, 2.24) is 10.2 Å². The molecule has 0 radical (unpaired) electrons. The molecule has 1 aromatic carbocycles. The maximum atomic E-state index is 12.9. The predicted molar refractivity (Wildman–Crippen MR) is 122 cm³/mol. The molecule has 0 saturated heterocycles. The molecule has 12 heteroatoms. The number of carbonyl (C=O) groups excluding carboxylic acids is 1. The normalized spacial score (nSPS) is 12.8. The van der Waals surface area contributed by atoms with Crippen LogP contribution in [-0.2, 0) is 14.8 Å². The fourth-order valence-electron chi connectivity index (χ4n) is 2.44. The van der Waals surface area contributed by atoms with Crippen molar-refractivity contribution in [2.24, 2.45) is 5.92 Å². The Morgan fingerprint density at radius 3 is 2.59 bits per heavy atom. The number of halogens is 2. The van der Waals surface area contributed by atoms with E-state index in [1.165, 1.54) is 23.5 Å². The number of thioether (sulfide) groups is 1. The van der Waals surface area contributed by atoms with E-state index in [1.54, 1.807) is 24.8 Å². The Morgan fingerprint density at radius 1 is 1.31 bits per heavy atom. The van der Waals surface area contributed by atoms with E-state index in [0.717, 1.165) is 20.7 Å². The number of hydrogen-bond donors (Lipinski definition) is 1. The third-order valence-electron chi connectivity index (χ3n) is 3.65. The summed E-state index contributed by atoms with van der Waals surface area (Å²) in [4.78, 5) is 12.9. The summed E-state index contributed by atoms with van der Waals surface area (Å²) < 4.78 is 26.8. The number of nitrogens with zero attached hydrogens (tertiary/aromatic N) is 3. The quantitative estimate of drug-likeness (QED) is 0.396. The lowest BCUT2D eigenvalue weighted by molar-refractivity contribution is -0.117. The van der Waals surface area contributed by atoms with Gasteiger partial charge in [0.15, 0.2) is 4.34 Å². The Bertz CT molecular complexity index is 967. The Balaban J connectivity index is 2.28. The first-order valence-corrected chi connectivity index (χ1v) is 13.1. The zero-order valence-corrected chi connectivity index (χ0v) is 20.3. The highest BCUT2D eigenvalue weighted by Gasteiger charge is 2.33. The fraction of sp³-hybridized carbons (Fsp3) is 0.471. The topological polar surface area (TPSA) is 92.3 Å². The van der Waals surface area contributed by atoms with Crippen LogP contribution < -0.4 is 9.62 Å². The Labute approximate surface area is 189 Å². The molecule has 1 aromatic heterocycles. The fourth-order valence-corrected chi connectivity index (χ4v) is 5.81. The van der Waals surface area contributed by atoms with Gasteiger partial charge in [0.05, 0.1) is 17.0 Å². The standard InChI is InChI=1S/C17H22Cl2N4O3S3/c1-5-13(15(24)20-16-21-22-17(28-16)27-9-10(2)3)23(29(4,25)26)14-8-11(18)6-7-12(14)19/h6-8,10,13H,5,9H2,1-4H3,(H,20,21,24)/t13-/m0/s1. The summed E-state index contributed by atoms with van der Waals surface area (Å²) in [6.45, 7) is 5.91. The van der Waals surface area contributed by atoms with Gasteiger partial charge in [-0.15, -0.1) is 10.2 Å². The van der Waals surface area contributed by atoms with E-state index in [1.807, 2.05) is 0 Å². The van der Waals surface area contributed by atoms with Crippen LogP contribution in [0.15, 0.2) is 22.5 Å². The van der Waals surface area contributed by atoms with E-state index in [2.05, 4.69) is 29.4 Å². The van der Waals surface area contributed by atoms with Crippen LogP contribution in [0.5, 0.6) is 0 Å². The molecule has 0 unspecified atom stereocenters. The van der Waals surface area contributed by atoms with Gasteiger partial charge >= 0.3 is 0 Å². The highest BCUT2D eigenvalue weighted by molar-refractivity contribution is 8.01. The molecule has 2 rings (SSSR count). The number of hydrogen-bond acceptors (Lipinski definition) is 7. The van der Waals surface area contributed by atoms with Crippen LogP contribution in [0.1, 0.15) is 27.2 Å². The molecule has 0 bridgehead atoms. The van der Waals surface area contributed by atoms with Crippen LogP contribution in [0.25, 0.3) is 0 Å². The third kappa shape index (κ3) is 6.71. The largest absolute Gasteiger partial charge is 0.299 e. The minimum absolute atomic E-state index is 0.147. The molecule has 1 amide bonds. The monoisotopic (exact) mass is 496 g/mol. The molecule has 0 saturated carbocycles. The van der Waals surface area contributed by atoms with Crippen molar-refractivity contribution in [3.8, 4) is 0 Å². The summed E-state index contributed by atoms with van der Waals surface area (Å²) in [6.07, 6.45) is 1.24. The average molecular weight is 497 g/mol. The van der Waals surface area contributed by atoms with Crippen LogP contribution in [0.2, 0.25) is 10.0 Å². The van der Waals surface area contributed by atoms with Gasteiger partial charge in [-0.2, -0.15) is 0 Å². The number of sulfonamides is 1. The van der Waals surface area contributed by atoms with E-state index in [4.69, 9.17) is 23.2 Å². The Morgan fingerprint density at radius 2 is 2.00 bits per heavy atom. The number of nitrogens with one attached hydrogen (secondary N) is 1. The number of amides is 1. The first-order chi connectivity index (χ1) is 13.5. The third-order valence-corrected chi connectivity index (χ3v) is 7.77. The number of carbonyl (C=O) groups is 1. The van der Waals surface area contributed by atoms with Crippen molar-refractivity contribution < 1.29 is 13.2 Å². The highest BCUT2D eigenvalue weighted by atomic mass is 35.5. The molecular formula is C17H22Cl2N4O3S3. The van der Waals surface area contributed by atoms with Gasteiger partial charge in [0, 0.05) is 10.8 Å². The van der Waals surface area contributed by atoms with Gasteiger partial charge in [-0.3, -0.25) is 14.4 Å². The molecule has 7 nitrogen and oxygen atoms in total. The van der Waals surface area contributed by atoms with Gasteiger partial charge < -0.3 is 0 Å². The van der Waals surface area contributed by atoms with Crippen LogP contribution in [0.4, 0.5) is 10.8 Å². The zero-order valence-electron chi connectivity index (χ0n) is 16.3. The molecule has 0 fully saturated rings. The van der Waals surface area contributed by atoms with E-state index >= 15 is 0 Å². The van der Waals surface area contributed by atoms with Crippen LogP contribution in [0.3, 0.4) is 0 Å². The summed E-state index contributed by atoms with van der Waals surface area (Å²) in [7, 11) is -3.83. The smallest absolute Gasteiger partial charge is 0.250 e. The molecule has 2 aromatic rings. The second kappa shape index (κ2) is 10.3. The molecule has 29 heavy (non-hydrogen) atoms. The van der Waals surface area contributed by atoms with E-state index in [-0.39, 0.29) is 17.1 Å². The lowest BCUT2D eigenvalue weighted by Crippen LogP contribution is -2.47. The number of anilines is 2. The minimum atomic E-state index is -3.83. The van der Waals surface area contributed by atoms with Gasteiger partial charge in [0.2, 0.25) is 21.1 Å². The van der Waals surface area contributed by atoms with Crippen molar-refractivity contribution in [2.45, 2.75) is 37.6 Å². The summed E-state index contributed by atoms with van der Waals surface area (Å²) in [5, 5.41) is 11.5. The van der Waals surface area contributed by atoms with Gasteiger partial charge in [-0.05, 0) is 30.5 Å². The predicted octanol–water partition coefficient (Wildman–Crippen LogP) is 4.78. The molecule has 0 aliphatic rings. The molecular weight excluding hydrogens is 475 g/mol. The lowest BCUT2D eigenvalue weighted by atomic mass is 10.2. The highest BCUT2D eigenvalue weighted by Crippen LogP contribution is 2.33. The van der Waals surface area contributed by atoms with Crippen molar-refractivity contribution in [2.75, 3.05) is 21.6 Å². The van der Waals surface area contributed by atoms with Crippen molar-refractivity contribution >= 4 is 73.0 Å². The van der Waals surface area contributed by atoms with E-state index in [9.17, 15) is 13.2 Å². The first-order valence-electron chi connectivity index (χ1n) is 8.74. The van der Waals surface area contributed by atoms with E-state index in [0.29, 0.717) is 16.1 Å².